The van der Waals surface area contributed by atoms with Crippen LogP contribution >= 0.6 is 0 Å². The van der Waals surface area contributed by atoms with Crippen LogP contribution in [0.1, 0.15) is 28.3 Å². The van der Waals surface area contributed by atoms with Gasteiger partial charge in [0.05, 0.1) is 6.04 Å². The Morgan fingerprint density at radius 2 is 1.81 bits per heavy atom. The summed E-state index contributed by atoms with van der Waals surface area (Å²) in [5.41, 5.74) is 5.29. The third-order valence-corrected chi connectivity index (χ3v) is 4.20. The molecule has 1 aliphatic rings. The van der Waals surface area contributed by atoms with Crippen molar-refractivity contribution >= 4 is 16.8 Å². The van der Waals surface area contributed by atoms with Gasteiger partial charge in [-0.25, -0.2) is 0 Å². The summed E-state index contributed by atoms with van der Waals surface area (Å²) in [6.07, 6.45) is 4.26. The summed E-state index contributed by atoms with van der Waals surface area (Å²) in [7, 11) is 0. The highest BCUT2D eigenvalue weighted by Gasteiger charge is 2.19. The van der Waals surface area contributed by atoms with Gasteiger partial charge >= 0.3 is 0 Å². The molecule has 0 aliphatic carbocycles. The van der Waals surface area contributed by atoms with Gasteiger partial charge in [0.25, 0.3) is 0 Å². The highest BCUT2D eigenvalue weighted by atomic mass is 14.9. The van der Waals surface area contributed by atoms with Crippen molar-refractivity contribution in [2.75, 3.05) is 0 Å². The van der Waals surface area contributed by atoms with E-state index in [1.807, 2.05) is 0 Å². The van der Waals surface area contributed by atoms with Crippen LogP contribution in [0.2, 0.25) is 0 Å². The lowest BCUT2D eigenvalue weighted by Crippen LogP contribution is -2.20. The Morgan fingerprint density at radius 1 is 0.905 bits per heavy atom. The average Bonchev–Trinajstić information content (AvgIpc) is 2.54. The number of nitrogens with one attached hydrogen (secondary N) is 1. The Balaban J connectivity index is 1.93. The molecule has 1 heteroatoms. The Morgan fingerprint density at radius 3 is 2.71 bits per heavy atom. The molecular formula is C20H17N. The molecule has 0 bridgehead atoms. The predicted molar refractivity (Wildman–Crippen MR) is 89.1 cm³/mol. The second kappa shape index (κ2) is 4.78. The van der Waals surface area contributed by atoms with Crippen molar-refractivity contribution in [1.82, 2.24) is 5.32 Å². The number of benzene rings is 3. The van der Waals surface area contributed by atoms with Crippen LogP contribution in [0.5, 0.6) is 0 Å². The van der Waals surface area contributed by atoms with Gasteiger partial charge in [0.15, 0.2) is 0 Å². The first-order valence-electron chi connectivity index (χ1n) is 7.34. The van der Waals surface area contributed by atoms with Crippen molar-refractivity contribution in [2.24, 2.45) is 0 Å². The van der Waals surface area contributed by atoms with Crippen LogP contribution in [-0.2, 0) is 0 Å². The van der Waals surface area contributed by atoms with Crippen molar-refractivity contribution in [3.8, 4) is 0 Å². The molecule has 1 N–H and O–H groups in total. The molecule has 3 aromatic rings. The molecule has 0 radical (unpaired) electrons. The summed E-state index contributed by atoms with van der Waals surface area (Å²) in [6, 6.07) is 22.0. The second-order valence-corrected chi connectivity index (χ2v) is 5.64. The zero-order valence-corrected chi connectivity index (χ0v) is 12.0. The van der Waals surface area contributed by atoms with Crippen molar-refractivity contribution in [2.45, 2.75) is 13.0 Å². The molecule has 1 aliphatic heterocycles. The number of rotatable bonds is 1. The average molecular weight is 271 g/mol. The van der Waals surface area contributed by atoms with Gasteiger partial charge in [-0.2, -0.15) is 0 Å². The molecule has 1 unspecified atom stereocenters. The van der Waals surface area contributed by atoms with E-state index in [9.17, 15) is 0 Å². The minimum absolute atomic E-state index is 0.231. The fourth-order valence-corrected chi connectivity index (χ4v) is 3.19. The van der Waals surface area contributed by atoms with Gasteiger partial charge in [0.1, 0.15) is 0 Å². The van der Waals surface area contributed by atoms with Crippen molar-refractivity contribution in [1.29, 1.82) is 0 Å². The van der Waals surface area contributed by atoms with Crippen LogP contribution in [0.3, 0.4) is 0 Å². The van der Waals surface area contributed by atoms with Crippen LogP contribution in [0, 0.1) is 6.92 Å². The van der Waals surface area contributed by atoms with Crippen LogP contribution in [-0.4, -0.2) is 0 Å². The number of hydrogen-bond donors (Lipinski definition) is 1. The molecule has 1 heterocycles. The normalized spacial score (nSPS) is 16.5. The largest absolute Gasteiger partial charge is 0.380 e. The Kier molecular flexibility index (Phi) is 2.78. The van der Waals surface area contributed by atoms with Crippen molar-refractivity contribution in [3.63, 3.8) is 0 Å². The Bertz CT molecular complexity index is 845. The fourth-order valence-electron chi connectivity index (χ4n) is 3.19. The molecular weight excluding hydrogens is 254 g/mol. The number of hydrogen-bond acceptors (Lipinski definition) is 1. The van der Waals surface area contributed by atoms with E-state index < -0.39 is 0 Å². The maximum Gasteiger partial charge on any atom is 0.0768 e. The minimum Gasteiger partial charge on any atom is -0.380 e. The highest BCUT2D eigenvalue weighted by Crippen LogP contribution is 2.33. The molecule has 0 amide bonds. The van der Waals surface area contributed by atoms with E-state index in [1.165, 1.54) is 33.0 Å². The van der Waals surface area contributed by atoms with Gasteiger partial charge in [-0.1, -0.05) is 66.2 Å². The minimum atomic E-state index is 0.231. The summed E-state index contributed by atoms with van der Waals surface area (Å²) in [5, 5.41) is 6.12. The topological polar surface area (TPSA) is 12.0 Å². The summed E-state index contributed by atoms with van der Waals surface area (Å²) in [4.78, 5) is 0. The first-order valence-corrected chi connectivity index (χ1v) is 7.34. The number of fused-ring (bicyclic) bond motifs is 3. The summed E-state index contributed by atoms with van der Waals surface area (Å²) in [6.45, 7) is 2.14. The van der Waals surface area contributed by atoms with Gasteiger partial charge < -0.3 is 5.32 Å². The van der Waals surface area contributed by atoms with Crippen LogP contribution in [0.15, 0.2) is 66.9 Å². The molecule has 0 saturated carbocycles. The summed E-state index contributed by atoms with van der Waals surface area (Å²) < 4.78 is 0. The summed E-state index contributed by atoms with van der Waals surface area (Å²) in [5.74, 6) is 0. The van der Waals surface area contributed by atoms with E-state index in [0.29, 0.717) is 0 Å². The maximum absolute atomic E-state index is 3.50. The van der Waals surface area contributed by atoms with E-state index in [-0.39, 0.29) is 6.04 Å². The van der Waals surface area contributed by atoms with Gasteiger partial charge in [-0.15, -0.1) is 0 Å². The van der Waals surface area contributed by atoms with E-state index in [2.05, 4.69) is 85.2 Å². The molecule has 102 valence electrons. The number of aryl methyl sites for hydroxylation is 1. The van der Waals surface area contributed by atoms with E-state index in [1.54, 1.807) is 0 Å². The molecule has 1 nitrogen and oxygen atoms in total. The van der Waals surface area contributed by atoms with Gasteiger partial charge in [-0.3, -0.25) is 0 Å². The van der Waals surface area contributed by atoms with Gasteiger partial charge in [-0.05, 0) is 46.7 Å². The molecule has 4 rings (SSSR count). The highest BCUT2D eigenvalue weighted by molar-refractivity contribution is 5.92. The van der Waals surface area contributed by atoms with E-state index in [0.717, 1.165) is 0 Å². The third kappa shape index (κ3) is 2.02. The molecule has 0 fully saturated rings. The lowest BCUT2D eigenvalue weighted by atomic mass is 9.88. The Labute approximate surface area is 124 Å². The lowest BCUT2D eigenvalue weighted by Gasteiger charge is -2.25. The predicted octanol–water partition coefficient (Wildman–Crippen LogP) is 4.81. The van der Waals surface area contributed by atoms with Crippen LogP contribution in [0.25, 0.3) is 16.8 Å². The van der Waals surface area contributed by atoms with Gasteiger partial charge in [0.2, 0.25) is 0 Å². The smallest absolute Gasteiger partial charge is 0.0768 e. The first kappa shape index (κ1) is 12.2. The first-order chi connectivity index (χ1) is 10.3. The monoisotopic (exact) mass is 271 g/mol. The molecule has 0 spiro atoms. The van der Waals surface area contributed by atoms with Crippen molar-refractivity contribution < 1.29 is 0 Å². The summed E-state index contributed by atoms with van der Waals surface area (Å²) >= 11 is 0. The molecule has 21 heavy (non-hydrogen) atoms. The second-order valence-electron chi connectivity index (χ2n) is 5.64. The van der Waals surface area contributed by atoms with Crippen molar-refractivity contribution in [3.05, 3.63) is 89.1 Å². The quantitative estimate of drug-likeness (QED) is 0.669. The third-order valence-electron chi connectivity index (χ3n) is 4.20. The molecule has 3 aromatic carbocycles. The fraction of sp³-hybridized carbons (Fsp3) is 0.100. The van der Waals surface area contributed by atoms with Gasteiger partial charge in [0, 0.05) is 0 Å². The molecule has 0 saturated heterocycles. The van der Waals surface area contributed by atoms with E-state index >= 15 is 0 Å². The van der Waals surface area contributed by atoms with Crippen LogP contribution in [0.4, 0.5) is 0 Å². The zero-order chi connectivity index (χ0) is 14.2. The SMILES string of the molecule is Cc1cccc(C2NC=Cc3c2ccc2ccccc32)c1. The zero-order valence-electron chi connectivity index (χ0n) is 12.0. The molecule has 1 atom stereocenters. The van der Waals surface area contributed by atoms with Crippen LogP contribution < -0.4 is 5.32 Å². The Hall–Kier alpha value is -2.54. The van der Waals surface area contributed by atoms with E-state index in [4.69, 9.17) is 0 Å². The lowest BCUT2D eigenvalue weighted by molar-refractivity contribution is 0.722. The maximum atomic E-state index is 3.50. The molecule has 0 aromatic heterocycles. The standard InChI is InChI=1S/C20H17N/c1-14-5-4-7-16(13-14)20-19-10-9-15-6-2-3-8-17(15)18(19)11-12-21-20/h2-13,20-21H,1H3.